The second-order valence-corrected chi connectivity index (χ2v) is 7.07. The second kappa shape index (κ2) is 7.06. The highest BCUT2D eigenvalue weighted by molar-refractivity contribution is 6.16. The first-order valence-corrected chi connectivity index (χ1v) is 9.23. The molecule has 0 fully saturated rings. The van der Waals surface area contributed by atoms with E-state index in [-0.39, 0.29) is 12.3 Å². The first-order valence-electron chi connectivity index (χ1n) is 9.23. The quantitative estimate of drug-likeness (QED) is 0.580. The number of ether oxygens (including phenoxy) is 1. The molecule has 1 aliphatic rings. The monoisotopic (exact) mass is 401 g/mol. The summed E-state index contributed by atoms with van der Waals surface area (Å²) in [5.41, 5.74) is 1.93. The summed E-state index contributed by atoms with van der Waals surface area (Å²) in [6, 6.07) is 10.2. The highest BCUT2D eigenvalue weighted by atomic mass is 19.4. The van der Waals surface area contributed by atoms with E-state index < -0.39 is 17.7 Å². The van der Waals surface area contributed by atoms with Gasteiger partial charge in [-0.1, -0.05) is 18.2 Å². The van der Waals surface area contributed by atoms with Crippen molar-refractivity contribution in [2.24, 2.45) is 0 Å². The highest BCUT2D eigenvalue weighted by Gasteiger charge is 2.31. The second-order valence-electron chi connectivity index (χ2n) is 7.07. The standard InChI is InChI=1S/C22H18F3NO3/c1-29-21(28)15-7-3-8-16-19(15)20-17(9-4-10-18(20)27)26(16)12-13-5-2-6-14(11-13)22(23,24)25/h2-3,5-8,11H,4,9-10,12H2,1H3. The van der Waals surface area contributed by atoms with Crippen LogP contribution in [0.15, 0.2) is 42.5 Å². The lowest BCUT2D eigenvalue weighted by Gasteiger charge is -2.16. The average Bonchev–Trinajstić information content (AvgIpc) is 3.02. The first kappa shape index (κ1) is 19.2. The zero-order chi connectivity index (χ0) is 20.8. The minimum atomic E-state index is -4.43. The van der Waals surface area contributed by atoms with E-state index in [0.717, 1.165) is 17.8 Å². The molecule has 0 saturated heterocycles. The van der Waals surface area contributed by atoms with Crippen LogP contribution in [0.4, 0.5) is 13.2 Å². The predicted octanol–water partition coefficient (Wildman–Crippen LogP) is 5.01. The largest absolute Gasteiger partial charge is 0.465 e. The number of hydrogen-bond donors (Lipinski definition) is 0. The Labute approximate surface area is 164 Å². The van der Waals surface area contributed by atoms with Gasteiger partial charge in [0.05, 0.1) is 23.8 Å². The van der Waals surface area contributed by atoms with Crippen molar-refractivity contribution in [1.82, 2.24) is 4.57 Å². The number of carbonyl (C=O) groups excluding carboxylic acids is 2. The highest BCUT2D eigenvalue weighted by Crippen LogP contribution is 2.36. The predicted molar refractivity (Wildman–Crippen MR) is 101 cm³/mol. The number of methoxy groups -OCH3 is 1. The third-order valence-electron chi connectivity index (χ3n) is 5.29. The molecule has 7 heteroatoms. The fourth-order valence-electron chi connectivity index (χ4n) is 4.04. The van der Waals surface area contributed by atoms with Crippen molar-refractivity contribution in [2.75, 3.05) is 7.11 Å². The minimum absolute atomic E-state index is 0.0598. The smallest absolute Gasteiger partial charge is 0.416 e. The minimum Gasteiger partial charge on any atom is -0.465 e. The number of esters is 1. The number of hydrogen-bond acceptors (Lipinski definition) is 3. The Bertz CT molecular complexity index is 1130. The summed E-state index contributed by atoms with van der Waals surface area (Å²) in [6.45, 7) is 0.174. The van der Waals surface area contributed by atoms with Gasteiger partial charge in [-0.2, -0.15) is 13.2 Å². The number of halogens is 3. The van der Waals surface area contributed by atoms with Gasteiger partial charge in [-0.3, -0.25) is 4.79 Å². The molecule has 4 nitrogen and oxygen atoms in total. The molecule has 2 aromatic carbocycles. The molecular weight excluding hydrogens is 383 g/mol. The maximum atomic E-state index is 13.1. The molecule has 0 amide bonds. The number of ketones is 1. The Balaban J connectivity index is 1.92. The van der Waals surface area contributed by atoms with Crippen LogP contribution in [-0.2, 0) is 23.9 Å². The number of fused-ring (bicyclic) bond motifs is 3. The zero-order valence-corrected chi connectivity index (χ0v) is 15.7. The van der Waals surface area contributed by atoms with Crippen LogP contribution in [0, 0.1) is 0 Å². The molecule has 0 N–H and O–H groups in total. The lowest BCUT2D eigenvalue weighted by molar-refractivity contribution is -0.137. The Kier molecular flexibility index (Phi) is 4.68. The third-order valence-corrected chi connectivity index (χ3v) is 5.29. The van der Waals surface area contributed by atoms with Crippen molar-refractivity contribution < 1.29 is 27.5 Å². The van der Waals surface area contributed by atoms with Crippen LogP contribution in [0.3, 0.4) is 0 Å². The summed E-state index contributed by atoms with van der Waals surface area (Å²) in [6.07, 6.45) is -2.76. The summed E-state index contributed by atoms with van der Waals surface area (Å²) in [5, 5.41) is 0.519. The topological polar surface area (TPSA) is 48.3 Å². The van der Waals surface area contributed by atoms with Crippen LogP contribution < -0.4 is 0 Å². The number of nitrogens with zero attached hydrogens (tertiary/aromatic N) is 1. The van der Waals surface area contributed by atoms with Gasteiger partial charge in [-0.25, -0.2) is 4.79 Å². The van der Waals surface area contributed by atoms with Gasteiger partial charge in [0.1, 0.15) is 0 Å². The average molecular weight is 401 g/mol. The number of Topliss-reactive ketones (excluding diaryl/α,β-unsaturated/α-hetero) is 1. The van der Waals surface area contributed by atoms with Gasteiger partial charge >= 0.3 is 12.1 Å². The fraction of sp³-hybridized carbons (Fsp3) is 0.273. The van der Waals surface area contributed by atoms with Crippen molar-refractivity contribution in [2.45, 2.75) is 32.0 Å². The number of aromatic nitrogens is 1. The van der Waals surface area contributed by atoms with Gasteiger partial charge < -0.3 is 9.30 Å². The van der Waals surface area contributed by atoms with E-state index in [0.29, 0.717) is 46.9 Å². The van der Waals surface area contributed by atoms with Gasteiger partial charge in [-0.05, 0) is 42.7 Å². The van der Waals surface area contributed by atoms with E-state index in [2.05, 4.69) is 0 Å². The molecule has 1 aliphatic carbocycles. The van der Waals surface area contributed by atoms with Crippen LogP contribution in [-0.4, -0.2) is 23.4 Å². The van der Waals surface area contributed by atoms with Crippen LogP contribution in [0.5, 0.6) is 0 Å². The lowest BCUT2D eigenvalue weighted by Crippen LogP contribution is -2.14. The number of alkyl halides is 3. The lowest BCUT2D eigenvalue weighted by atomic mass is 9.92. The van der Waals surface area contributed by atoms with Crippen molar-refractivity contribution in [3.05, 3.63) is 70.4 Å². The van der Waals surface area contributed by atoms with E-state index >= 15 is 0 Å². The number of benzene rings is 2. The zero-order valence-electron chi connectivity index (χ0n) is 15.7. The molecule has 0 bridgehead atoms. The molecule has 0 spiro atoms. The number of carbonyl (C=O) groups is 2. The third kappa shape index (κ3) is 3.30. The summed E-state index contributed by atoms with van der Waals surface area (Å²) >= 11 is 0. The molecule has 3 aromatic rings. The molecule has 0 radical (unpaired) electrons. The molecule has 1 heterocycles. The Hall–Kier alpha value is -3.09. The molecule has 4 rings (SSSR count). The molecule has 29 heavy (non-hydrogen) atoms. The van der Waals surface area contributed by atoms with Crippen LogP contribution >= 0.6 is 0 Å². The SMILES string of the molecule is COC(=O)c1cccc2c1c1c(n2Cc2cccc(C(F)(F)F)c2)CCCC1=O. The summed E-state index contributed by atoms with van der Waals surface area (Å²) in [5.74, 6) is -0.608. The maximum absolute atomic E-state index is 13.1. The molecule has 0 saturated carbocycles. The van der Waals surface area contributed by atoms with E-state index in [1.54, 1.807) is 24.3 Å². The first-order chi connectivity index (χ1) is 13.8. The Morgan fingerprint density at radius 1 is 1.14 bits per heavy atom. The Morgan fingerprint density at radius 2 is 1.90 bits per heavy atom. The van der Waals surface area contributed by atoms with E-state index in [9.17, 15) is 22.8 Å². The van der Waals surface area contributed by atoms with Crippen LogP contribution in [0.25, 0.3) is 10.9 Å². The van der Waals surface area contributed by atoms with Crippen LogP contribution in [0.1, 0.15) is 50.4 Å². The maximum Gasteiger partial charge on any atom is 0.416 e. The van der Waals surface area contributed by atoms with Crippen molar-refractivity contribution in [3.8, 4) is 0 Å². The normalized spacial score (nSPS) is 14.1. The van der Waals surface area contributed by atoms with E-state index in [1.807, 2.05) is 4.57 Å². The van der Waals surface area contributed by atoms with Gasteiger partial charge in [0.15, 0.2) is 5.78 Å². The van der Waals surface area contributed by atoms with Gasteiger partial charge in [0.2, 0.25) is 0 Å². The summed E-state index contributed by atoms with van der Waals surface area (Å²) < 4.78 is 46.0. The van der Waals surface area contributed by atoms with Gasteiger partial charge in [0, 0.05) is 29.6 Å². The van der Waals surface area contributed by atoms with Crippen molar-refractivity contribution >= 4 is 22.7 Å². The number of rotatable bonds is 3. The van der Waals surface area contributed by atoms with E-state index in [1.165, 1.54) is 13.2 Å². The van der Waals surface area contributed by atoms with E-state index in [4.69, 9.17) is 4.74 Å². The molecule has 0 unspecified atom stereocenters. The van der Waals surface area contributed by atoms with Crippen LogP contribution in [0.2, 0.25) is 0 Å². The van der Waals surface area contributed by atoms with Crippen molar-refractivity contribution in [3.63, 3.8) is 0 Å². The summed E-state index contributed by atoms with van der Waals surface area (Å²) in [7, 11) is 1.27. The van der Waals surface area contributed by atoms with Gasteiger partial charge in [0.25, 0.3) is 0 Å². The van der Waals surface area contributed by atoms with Gasteiger partial charge in [-0.15, -0.1) is 0 Å². The molecular formula is C22H18F3NO3. The molecule has 0 aliphatic heterocycles. The molecule has 0 atom stereocenters. The Morgan fingerprint density at radius 3 is 2.62 bits per heavy atom. The summed E-state index contributed by atoms with van der Waals surface area (Å²) in [4.78, 5) is 25.0. The van der Waals surface area contributed by atoms with Crippen molar-refractivity contribution in [1.29, 1.82) is 0 Å². The molecule has 1 aromatic heterocycles. The fourth-order valence-corrected chi connectivity index (χ4v) is 4.04. The molecule has 150 valence electrons.